The van der Waals surface area contributed by atoms with E-state index in [1.54, 1.807) is 12.1 Å². The van der Waals surface area contributed by atoms with E-state index < -0.39 is 23.7 Å². The highest BCUT2D eigenvalue weighted by atomic mass is 19.4. The Balaban J connectivity index is 2.03. The molecule has 0 saturated carbocycles. The van der Waals surface area contributed by atoms with Crippen LogP contribution in [0.3, 0.4) is 0 Å². The van der Waals surface area contributed by atoms with Crippen molar-refractivity contribution in [2.24, 2.45) is 5.73 Å². The molecule has 6 heteroatoms. The highest BCUT2D eigenvalue weighted by molar-refractivity contribution is 5.81. The molecule has 0 aliphatic carbocycles. The van der Waals surface area contributed by atoms with Crippen LogP contribution in [0, 0.1) is 0 Å². The van der Waals surface area contributed by atoms with Crippen LogP contribution in [0.2, 0.25) is 0 Å². The van der Waals surface area contributed by atoms with Crippen molar-refractivity contribution in [1.82, 2.24) is 5.32 Å². The van der Waals surface area contributed by atoms with Crippen LogP contribution < -0.4 is 11.1 Å². The third kappa shape index (κ3) is 4.58. The van der Waals surface area contributed by atoms with Crippen molar-refractivity contribution in [2.45, 2.75) is 25.1 Å². The lowest BCUT2D eigenvalue weighted by Crippen LogP contribution is -2.35. The van der Waals surface area contributed by atoms with Crippen molar-refractivity contribution in [1.29, 1.82) is 0 Å². The second-order valence-corrected chi connectivity index (χ2v) is 5.68. The quantitative estimate of drug-likeness (QED) is 0.846. The molecule has 2 aromatic rings. The summed E-state index contributed by atoms with van der Waals surface area (Å²) in [4.78, 5) is 11.6. The lowest BCUT2D eigenvalue weighted by Gasteiger charge is -2.19. The monoisotopic (exact) mass is 336 g/mol. The van der Waals surface area contributed by atoms with Gasteiger partial charge in [0.25, 0.3) is 0 Å². The van der Waals surface area contributed by atoms with Crippen molar-refractivity contribution < 1.29 is 18.0 Å². The number of carbonyl (C=O) groups excluding carboxylic acids is 1. The first kappa shape index (κ1) is 18.0. The molecule has 0 spiro atoms. The maximum absolute atomic E-state index is 12.6. The number of amides is 1. The van der Waals surface area contributed by atoms with Gasteiger partial charge in [0.05, 0.1) is 5.56 Å². The van der Waals surface area contributed by atoms with Gasteiger partial charge in [-0.2, -0.15) is 13.2 Å². The Labute approximate surface area is 138 Å². The smallest absolute Gasteiger partial charge is 0.368 e. The zero-order chi connectivity index (χ0) is 17.7. The van der Waals surface area contributed by atoms with Gasteiger partial charge in [0, 0.05) is 6.54 Å². The Morgan fingerprint density at radius 3 is 2.12 bits per heavy atom. The standard InChI is InChI=1S/C18H19F3N2O/c1-12(13-7-9-15(10-8-13)18(19,20)21)11-23-16(17(22)24)14-5-3-2-4-6-14/h2-10,12,16,23H,11H2,1H3,(H2,22,24). The molecule has 0 heterocycles. The zero-order valence-corrected chi connectivity index (χ0v) is 13.2. The first-order valence-corrected chi connectivity index (χ1v) is 7.54. The second kappa shape index (κ2) is 7.49. The van der Waals surface area contributed by atoms with Crippen LogP contribution in [-0.4, -0.2) is 12.5 Å². The van der Waals surface area contributed by atoms with Gasteiger partial charge < -0.3 is 11.1 Å². The molecule has 0 aliphatic heterocycles. The number of alkyl halides is 3. The highest BCUT2D eigenvalue weighted by Gasteiger charge is 2.30. The average Bonchev–Trinajstić information content (AvgIpc) is 2.55. The van der Waals surface area contributed by atoms with Crippen LogP contribution in [0.25, 0.3) is 0 Å². The number of hydrogen-bond donors (Lipinski definition) is 2. The van der Waals surface area contributed by atoms with E-state index in [0.29, 0.717) is 6.54 Å². The van der Waals surface area contributed by atoms with Crippen molar-refractivity contribution in [3.8, 4) is 0 Å². The Morgan fingerprint density at radius 1 is 1.04 bits per heavy atom. The summed E-state index contributed by atoms with van der Waals surface area (Å²) in [5, 5.41) is 3.08. The number of rotatable bonds is 6. The molecule has 0 aromatic heterocycles. The largest absolute Gasteiger partial charge is 0.416 e. The van der Waals surface area contributed by atoms with E-state index in [2.05, 4.69) is 5.32 Å². The van der Waals surface area contributed by atoms with Crippen LogP contribution in [-0.2, 0) is 11.0 Å². The maximum atomic E-state index is 12.6. The lowest BCUT2D eigenvalue weighted by atomic mass is 9.98. The lowest BCUT2D eigenvalue weighted by molar-refractivity contribution is -0.137. The average molecular weight is 336 g/mol. The Hall–Kier alpha value is -2.34. The van der Waals surface area contributed by atoms with E-state index in [-0.39, 0.29) is 5.92 Å². The summed E-state index contributed by atoms with van der Waals surface area (Å²) in [5.74, 6) is -0.571. The minimum absolute atomic E-state index is 0.0714. The van der Waals surface area contributed by atoms with Gasteiger partial charge >= 0.3 is 6.18 Å². The summed E-state index contributed by atoms with van der Waals surface area (Å²) < 4.78 is 37.8. The van der Waals surface area contributed by atoms with Gasteiger partial charge in [0.15, 0.2) is 0 Å². The van der Waals surface area contributed by atoms with Gasteiger partial charge in [-0.15, -0.1) is 0 Å². The summed E-state index contributed by atoms with van der Waals surface area (Å²) in [6.45, 7) is 2.28. The van der Waals surface area contributed by atoms with E-state index in [0.717, 1.165) is 23.3 Å². The molecule has 3 nitrogen and oxygen atoms in total. The number of carbonyl (C=O) groups is 1. The second-order valence-electron chi connectivity index (χ2n) is 5.68. The topological polar surface area (TPSA) is 55.1 Å². The van der Waals surface area contributed by atoms with Crippen molar-refractivity contribution in [3.63, 3.8) is 0 Å². The van der Waals surface area contributed by atoms with Crippen LogP contribution in [0.1, 0.15) is 35.6 Å². The normalized spacial score (nSPS) is 14.2. The Morgan fingerprint density at radius 2 is 1.62 bits per heavy atom. The van der Waals surface area contributed by atoms with Crippen molar-refractivity contribution in [2.75, 3.05) is 6.54 Å². The zero-order valence-electron chi connectivity index (χ0n) is 13.2. The van der Waals surface area contributed by atoms with Crippen LogP contribution in [0.5, 0.6) is 0 Å². The molecule has 0 fully saturated rings. The van der Waals surface area contributed by atoms with Gasteiger partial charge in [-0.1, -0.05) is 49.4 Å². The summed E-state index contributed by atoms with van der Waals surface area (Å²) in [6.07, 6.45) is -4.34. The molecule has 0 radical (unpaired) electrons. The molecule has 1 amide bonds. The molecule has 3 N–H and O–H groups in total. The fraction of sp³-hybridized carbons (Fsp3) is 0.278. The molecule has 2 rings (SSSR count). The predicted octanol–water partition coefficient (Wildman–Crippen LogP) is 3.63. The number of nitrogens with two attached hydrogens (primary N) is 1. The first-order chi connectivity index (χ1) is 11.3. The summed E-state index contributed by atoms with van der Waals surface area (Å²) >= 11 is 0. The minimum atomic E-state index is -4.34. The number of hydrogen-bond acceptors (Lipinski definition) is 2. The fourth-order valence-electron chi connectivity index (χ4n) is 2.44. The molecule has 0 aliphatic rings. The van der Waals surface area contributed by atoms with E-state index in [1.807, 2.05) is 25.1 Å². The first-order valence-electron chi connectivity index (χ1n) is 7.54. The molecule has 0 bridgehead atoms. The number of primary amides is 1. The molecule has 2 unspecified atom stereocenters. The summed E-state index contributed by atoms with van der Waals surface area (Å²) in [7, 11) is 0. The van der Waals surface area contributed by atoms with Gasteiger partial charge in [0.1, 0.15) is 6.04 Å². The van der Waals surface area contributed by atoms with E-state index in [4.69, 9.17) is 5.73 Å². The maximum Gasteiger partial charge on any atom is 0.416 e. The predicted molar refractivity (Wildman–Crippen MR) is 86.2 cm³/mol. The van der Waals surface area contributed by atoms with Crippen molar-refractivity contribution >= 4 is 5.91 Å². The van der Waals surface area contributed by atoms with Gasteiger partial charge in [-0.3, -0.25) is 4.79 Å². The summed E-state index contributed by atoms with van der Waals surface area (Å²) in [6, 6.07) is 13.5. The van der Waals surface area contributed by atoms with Gasteiger partial charge in [-0.05, 0) is 29.2 Å². The Bertz CT molecular complexity index is 669. The van der Waals surface area contributed by atoms with Crippen LogP contribution >= 0.6 is 0 Å². The fourth-order valence-corrected chi connectivity index (χ4v) is 2.44. The molecule has 128 valence electrons. The molecular weight excluding hydrogens is 317 g/mol. The number of nitrogens with one attached hydrogen (secondary N) is 1. The number of benzene rings is 2. The van der Waals surface area contributed by atoms with E-state index in [9.17, 15) is 18.0 Å². The van der Waals surface area contributed by atoms with Crippen molar-refractivity contribution in [3.05, 3.63) is 71.3 Å². The Kier molecular flexibility index (Phi) is 5.62. The van der Waals surface area contributed by atoms with E-state index >= 15 is 0 Å². The molecular formula is C18H19F3N2O. The molecule has 24 heavy (non-hydrogen) atoms. The highest BCUT2D eigenvalue weighted by Crippen LogP contribution is 2.30. The van der Waals surface area contributed by atoms with E-state index in [1.165, 1.54) is 12.1 Å². The minimum Gasteiger partial charge on any atom is -0.368 e. The molecule has 2 aromatic carbocycles. The number of halogens is 3. The van der Waals surface area contributed by atoms with Gasteiger partial charge in [0.2, 0.25) is 5.91 Å². The molecule has 0 saturated heterocycles. The third-order valence-electron chi connectivity index (χ3n) is 3.85. The third-order valence-corrected chi connectivity index (χ3v) is 3.85. The molecule has 2 atom stereocenters. The summed E-state index contributed by atoms with van der Waals surface area (Å²) in [5.41, 5.74) is 6.27. The van der Waals surface area contributed by atoms with Crippen LogP contribution in [0.4, 0.5) is 13.2 Å². The van der Waals surface area contributed by atoms with Crippen LogP contribution in [0.15, 0.2) is 54.6 Å². The van der Waals surface area contributed by atoms with Gasteiger partial charge in [-0.25, -0.2) is 0 Å². The SMILES string of the molecule is CC(CNC(C(N)=O)c1ccccc1)c1ccc(C(F)(F)F)cc1.